The van der Waals surface area contributed by atoms with Crippen molar-refractivity contribution in [3.05, 3.63) is 89.2 Å². The molecule has 6 nitrogen and oxygen atoms in total. The van der Waals surface area contributed by atoms with E-state index >= 15 is 0 Å². The number of ether oxygens (including phenoxy) is 1. The molecule has 1 aliphatic heterocycles. The second-order valence-electron chi connectivity index (χ2n) is 5.75. The fraction of sp³-hybridized carbons (Fsp3) is 0. The number of esters is 1. The van der Waals surface area contributed by atoms with Gasteiger partial charge in [0.25, 0.3) is 5.91 Å². The van der Waals surface area contributed by atoms with E-state index in [4.69, 9.17) is 9.15 Å². The van der Waals surface area contributed by atoms with E-state index in [-0.39, 0.29) is 11.7 Å². The van der Waals surface area contributed by atoms with Gasteiger partial charge in [-0.15, -0.1) is 0 Å². The highest BCUT2D eigenvalue weighted by Crippen LogP contribution is 2.28. The van der Waals surface area contributed by atoms with E-state index in [2.05, 4.69) is 10.3 Å². The molecule has 1 aliphatic rings. The molecule has 2 aromatic carbocycles. The van der Waals surface area contributed by atoms with Crippen molar-refractivity contribution in [1.82, 2.24) is 5.32 Å². The molecule has 1 N–H and O–H groups in total. The zero-order chi connectivity index (χ0) is 19.3. The van der Waals surface area contributed by atoms with E-state index in [0.717, 1.165) is 11.3 Å². The van der Waals surface area contributed by atoms with Gasteiger partial charge in [0.1, 0.15) is 5.75 Å². The molecule has 0 unspecified atom stereocenters. The Hall–Kier alpha value is -3.58. The van der Waals surface area contributed by atoms with Crippen LogP contribution in [0.5, 0.6) is 5.75 Å². The van der Waals surface area contributed by atoms with Gasteiger partial charge in [-0.25, -0.2) is 9.79 Å². The maximum absolute atomic E-state index is 12.2. The molecule has 0 aliphatic carbocycles. The number of furan rings is 1. The van der Waals surface area contributed by atoms with Crippen molar-refractivity contribution in [2.45, 2.75) is 0 Å². The van der Waals surface area contributed by atoms with Crippen molar-refractivity contribution in [3.63, 3.8) is 0 Å². The Morgan fingerprint density at radius 1 is 1.04 bits per heavy atom. The summed E-state index contributed by atoms with van der Waals surface area (Å²) in [5.74, 6) is -0.245. The number of benzene rings is 2. The Balaban J connectivity index is 1.44. The molecule has 0 bridgehead atoms. The van der Waals surface area contributed by atoms with Gasteiger partial charge in [0.2, 0.25) is 5.76 Å². The van der Waals surface area contributed by atoms with E-state index in [1.165, 1.54) is 24.1 Å². The lowest BCUT2D eigenvalue weighted by molar-refractivity contribution is -0.115. The normalized spacial score (nSPS) is 16.4. The third-order valence-corrected chi connectivity index (χ3v) is 4.66. The first kappa shape index (κ1) is 17.8. The maximum atomic E-state index is 12.2. The van der Waals surface area contributed by atoms with Crippen LogP contribution in [0.25, 0.3) is 6.08 Å². The molecule has 138 valence electrons. The number of thioether (sulfide) groups is 1. The minimum Gasteiger partial charge on any atom is -0.457 e. The molecule has 1 amide bonds. The first-order valence-electron chi connectivity index (χ1n) is 8.38. The third-order valence-electron chi connectivity index (χ3n) is 3.75. The Morgan fingerprint density at radius 2 is 1.82 bits per heavy atom. The zero-order valence-corrected chi connectivity index (χ0v) is 15.3. The fourth-order valence-corrected chi connectivity index (χ4v) is 3.28. The van der Waals surface area contributed by atoms with Crippen molar-refractivity contribution >= 4 is 40.6 Å². The van der Waals surface area contributed by atoms with Crippen LogP contribution in [0.3, 0.4) is 0 Å². The van der Waals surface area contributed by atoms with E-state index in [1.807, 2.05) is 30.3 Å². The predicted octanol–water partition coefficient (Wildman–Crippen LogP) is 4.39. The van der Waals surface area contributed by atoms with Crippen LogP contribution in [0.1, 0.15) is 16.1 Å². The number of para-hydroxylation sites is 1. The molecule has 1 fully saturated rings. The average Bonchev–Trinajstić information content (AvgIpc) is 3.35. The summed E-state index contributed by atoms with van der Waals surface area (Å²) in [6.07, 6.45) is 3.16. The molecule has 1 aromatic heterocycles. The van der Waals surface area contributed by atoms with Crippen LogP contribution in [-0.2, 0) is 4.79 Å². The molecular formula is C21H14N2O4S. The van der Waals surface area contributed by atoms with Gasteiger partial charge in [0.05, 0.1) is 16.9 Å². The second-order valence-corrected chi connectivity index (χ2v) is 6.78. The van der Waals surface area contributed by atoms with E-state index < -0.39 is 5.97 Å². The number of nitrogens with zero attached hydrogens (tertiary/aromatic N) is 1. The van der Waals surface area contributed by atoms with Crippen molar-refractivity contribution in [3.8, 4) is 5.75 Å². The first-order valence-corrected chi connectivity index (χ1v) is 9.19. The van der Waals surface area contributed by atoms with E-state index in [1.54, 1.807) is 36.4 Å². The molecule has 0 spiro atoms. The van der Waals surface area contributed by atoms with Crippen LogP contribution in [0.2, 0.25) is 0 Å². The molecule has 3 aromatic rings. The number of hydrogen-bond acceptors (Lipinski definition) is 6. The number of hydrogen-bond donors (Lipinski definition) is 1. The number of nitrogens with one attached hydrogen (secondary N) is 1. The van der Waals surface area contributed by atoms with Crippen LogP contribution in [0.4, 0.5) is 5.69 Å². The maximum Gasteiger partial charge on any atom is 0.379 e. The lowest BCUT2D eigenvalue weighted by atomic mass is 10.2. The van der Waals surface area contributed by atoms with E-state index in [0.29, 0.717) is 15.8 Å². The van der Waals surface area contributed by atoms with Gasteiger partial charge < -0.3 is 14.5 Å². The minimum atomic E-state index is -0.566. The molecule has 1 saturated heterocycles. The van der Waals surface area contributed by atoms with Gasteiger partial charge in [0.15, 0.2) is 5.17 Å². The molecule has 4 rings (SSSR count). The van der Waals surface area contributed by atoms with Gasteiger partial charge in [-0.3, -0.25) is 4.79 Å². The van der Waals surface area contributed by atoms with Crippen LogP contribution in [0, 0.1) is 0 Å². The number of amidine groups is 1. The highest BCUT2D eigenvalue weighted by atomic mass is 32.2. The van der Waals surface area contributed by atoms with Gasteiger partial charge in [-0.2, -0.15) is 0 Å². The molecule has 0 radical (unpaired) electrons. The summed E-state index contributed by atoms with van der Waals surface area (Å²) in [6, 6.07) is 19.4. The van der Waals surface area contributed by atoms with Crippen molar-refractivity contribution in [2.75, 3.05) is 0 Å². The summed E-state index contributed by atoms with van der Waals surface area (Å²) in [5.41, 5.74) is 1.57. The second kappa shape index (κ2) is 7.98. The Morgan fingerprint density at radius 3 is 2.54 bits per heavy atom. The van der Waals surface area contributed by atoms with Crippen molar-refractivity contribution in [1.29, 1.82) is 0 Å². The van der Waals surface area contributed by atoms with Gasteiger partial charge >= 0.3 is 5.97 Å². The van der Waals surface area contributed by atoms with Crippen LogP contribution >= 0.6 is 11.8 Å². The monoisotopic (exact) mass is 390 g/mol. The smallest absolute Gasteiger partial charge is 0.379 e. The van der Waals surface area contributed by atoms with E-state index in [9.17, 15) is 9.59 Å². The Kier molecular flexibility index (Phi) is 5.07. The molecule has 0 atom stereocenters. The summed E-state index contributed by atoms with van der Waals surface area (Å²) in [4.78, 5) is 29.0. The van der Waals surface area contributed by atoms with Crippen LogP contribution < -0.4 is 10.1 Å². The Bertz CT molecular complexity index is 1060. The number of amides is 1. The summed E-state index contributed by atoms with van der Waals surface area (Å²) in [7, 11) is 0. The summed E-state index contributed by atoms with van der Waals surface area (Å²) >= 11 is 1.27. The van der Waals surface area contributed by atoms with Gasteiger partial charge in [-0.1, -0.05) is 30.3 Å². The highest BCUT2D eigenvalue weighted by Gasteiger charge is 2.23. The standard InChI is InChI=1S/C21H14N2O4S/c24-19-18(28-21(23-19)22-15-5-2-1-3-6-15)13-14-8-10-16(11-9-14)27-20(25)17-7-4-12-26-17/h1-13H,(H,22,23,24)/b18-13-. The molecule has 28 heavy (non-hydrogen) atoms. The first-order chi connectivity index (χ1) is 13.7. The third kappa shape index (κ3) is 4.21. The number of carbonyl (C=O) groups is 2. The average molecular weight is 390 g/mol. The van der Waals surface area contributed by atoms with Gasteiger partial charge in [-0.05, 0) is 59.8 Å². The highest BCUT2D eigenvalue weighted by molar-refractivity contribution is 8.18. The largest absolute Gasteiger partial charge is 0.457 e. The van der Waals surface area contributed by atoms with Crippen molar-refractivity contribution < 1.29 is 18.7 Å². The summed E-state index contributed by atoms with van der Waals surface area (Å²) in [6.45, 7) is 0. The molecule has 0 saturated carbocycles. The minimum absolute atomic E-state index is 0.135. The van der Waals surface area contributed by atoms with Crippen LogP contribution in [-0.4, -0.2) is 17.0 Å². The lowest BCUT2D eigenvalue weighted by Crippen LogP contribution is -2.19. The van der Waals surface area contributed by atoms with Crippen molar-refractivity contribution in [2.24, 2.45) is 4.99 Å². The quantitative estimate of drug-likeness (QED) is 0.406. The number of aliphatic imine (C=N–C) groups is 1. The number of rotatable bonds is 4. The fourth-order valence-electron chi connectivity index (χ4n) is 2.44. The van der Waals surface area contributed by atoms with Crippen LogP contribution in [0.15, 0.2) is 87.3 Å². The SMILES string of the molecule is O=C1NC(=Nc2ccccc2)S/C1=C\c1ccc(OC(=O)c2ccco2)cc1. The lowest BCUT2D eigenvalue weighted by Gasteiger charge is -2.02. The van der Waals surface area contributed by atoms with Gasteiger partial charge in [0, 0.05) is 0 Å². The summed E-state index contributed by atoms with van der Waals surface area (Å²) in [5, 5.41) is 3.29. The molecule has 7 heteroatoms. The summed E-state index contributed by atoms with van der Waals surface area (Å²) < 4.78 is 10.2. The zero-order valence-electron chi connectivity index (χ0n) is 14.5. The predicted molar refractivity (Wildman–Crippen MR) is 107 cm³/mol. The molecular weight excluding hydrogens is 376 g/mol. The number of carbonyl (C=O) groups excluding carboxylic acids is 2. The topological polar surface area (TPSA) is 80.9 Å². The molecule has 2 heterocycles. The Labute approximate surface area is 164 Å².